The Labute approximate surface area is 212 Å². The van der Waals surface area contributed by atoms with Gasteiger partial charge in [-0.25, -0.2) is 9.99 Å². The van der Waals surface area contributed by atoms with Crippen LogP contribution in [0.5, 0.6) is 0 Å². The van der Waals surface area contributed by atoms with Crippen LogP contribution in [0.1, 0.15) is 60.6 Å². The Morgan fingerprint density at radius 1 is 1.26 bits per heavy atom. The van der Waals surface area contributed by atoms with Crippen molar-refractivity contribution in [3.05, 3.63) is 51.0 Å². The van der Waals surface area contributed by atoms with Crippen LogP contribution < -0.4 is 16.0 Å². The van der Waals surface area contributed by atoms with Gasteiger partial charge in [0.2, 0.25) is 5.91 Å². The molecule has 3 N–H and O–H groups in total. The maximum Gasteiger partial charge on any atom is 0.280 e. The number of benzene rings is 1. The Balaban J connectivity index is 1.58. The molecule has 10 nitrogen and oxygen atoms in total. The van der Waals surface area contributed by atoms with Crippen molar-refractivity contribution in [1.29, 1.82) is 0 Å². The maximum absolute atomic E-state index is 13.9. The second-order valence-corrected chi connectivity index (χ2v) is 9.69. The van der Waals surface area contributed by atoms with E-state index in [1.165, 1.54) is 19.0 Å². The molecule has 2 aliphatic rings. The molecule has 0 unspecified atom stereocenters. The second kappa shape index (κ2) is 9.74. The monoisotopic (exact) mass is 501 g/mol. The number of hydrogen-bond donors (Lipinski definition) is 3. The van der Waals surface area contributed by atoms with Crippen LogP contribution in [-0.4, -0.2) is 65.3 Å². The lowest BCUT2D eigenvalue weighted by molar-refractivity contribution is -0.153. The van der Waals surface area contributed by atoms with Crippen LogP contribution in [0, 0.1) is 12.8 Å². The molecule has 2 aliphatic heterocycles. The van der Waals surface area contributed by atoms with Crippen LogP contribution in [0.15, 0.2) is 24.3 Å². The van der Waals surface area contributed by atoms with Crippen molar-refractivity contribution in [3.63, 3.8) is 0 Å². The fourth-order valence-corrected chi connectivity index (χ4v) is 5.18. The van der Waals surface area contributed by atoms with Crippen LogP contribution in [0.25, 0.3) is 0 Å². The lowest BCUT2D eigenvalue weighted by Gasteiger charge is -2.34. The van der Waals surface area contributed by atoms with Gasteiger partial charge in [-0.2, -0.15) is 0 Å². The summed E-state index contributed by atoms with van der Waals surface area (Å²) >= 11 is 0.930. The zero-order valence-electron chi connectivity index (χ0n) is 22.8. The van der Waals surface area contributed by atoms with Gasteiger partial charge >= 0.3 is 0 Å². The zero-order valence-corrected chi connectivity index (χ0v) is 20.6. The molecule has 2 aromatic rings. The fourth-order valence-electron chi connectivity index (χ4n) is 4.25. The number of thiazole rings is 1. The van der Waals surface area contributed by atoms with E-state index in [-0.39, 0.29) is 22.0 Å². The van der Waals surface area contributed by atoms with E-state index in [4.69, 9.17) is 4.11 Å². The van der Waals surface area contributed by atoms with Crippen molar-refractivity contribution < 1.29 is 23.3 Å². The van der Waals surface area contributed by atoms with Crippen molar-refractivity contribution in [2.45, 2.75) is 39.2 Å². The van der Waals surface area contributed by atoms with E-state index < -0.39 is 41.9 Å². The van der Waals surface area contributed by atoms with E-state index in [1.807, 2.05) is 5.01 Å². The summed E-state index contributed by atoms with van der Waals surface area (Å²) in [6, 6.07) is 6.77. The summed E-state index contributed by atoms with van der Waals surface area (Å²) in [5.41, 5.74) is -1.02. The molecule has 2 atom stereocenters. The molecule has 1 fully saturated rings. The second-order valence-electron chi connectivity index (χ2n) is 8.69. The van der Waals surface area contributed by atoms with Crippen molar-refractivity contribution >= 4 is 35.0 Å². The number of carbonyl (C=O) groups excluding carboxylic acids is 4. The summed E-state index contributed by atoms with van der Waals surface area (Å²) in [4.78, 5) is 56.2. The quantitative estimate of drug-likeness (QED) is 0.546. The lowest BCUT2D eigenvalue weighted by atomic mass is 9.86. The Hall–Kier alpha value is -3.31. The molecule has 4 amide bonds. The lowest BCUT2D eigenvalue weighted by Crippen LogP contribution is -2.57. The van der Waals surface area contributed by atoms with E-state index in [1.54, 1.807) is 31.2 Å². The molecule has 0 saturated carbocycles. The van der Waals surface area contributed by atoms with Gasteiger partial charge in [0.25, 0.3) is 17.7 Å². The molecule has 186 valence electrons. The number of nitrogens with zero attached hydrogens (tertiary/aromatic N) is 3. The summed E-state index contributed by atoms with van der Waals surface area (Å²) in [5.74, 6) is -3.19. The molecule has 0 spiro atoms. The molecule has 1 aromatic carbocycles. The number of rotatable bonds is 6. The number of carbonyl (C=O) groups is 4. The summed E-state index contributed by atoms with van der Waals surface area (Å²) in [7, 11) is 1.46. The maximum atomic E-state index is 13.9. The van der Waals surface area contributed by atoms with Crippen LogP contribution in [0.2, 0.25) is 0 Å². The normalized spacial score (nSPS) is 22.1. The smallest absolute Gasteiger partial charge is 0.280 e. The molecule has 11 heteroatoms. The highest BCUT2D eigenvalue weighted by molar-refractivity contribution is 7.15. The van der Waals surface area contributed by atoms with Gasteiger partial charge < -0.3 is 16.0 Å². The molecular weight excluding hydrogens is 468 g/mol. The minimum atomic E-state index is -2.90. The first kappa shape index (κ1) is 21.0. The average Bonchev–Trinajstić information content (AvgIpc) is 3.48. The highest BCUT2D eigenvalue weighted by Gasteiger charge is 2.47. The van der Waals surface area contributed by atoms with Crippen molar-refractivity contribution in [2.75, 3.05) is 26.7 Å². The van der Waals surface area contributed by atoms with Gasteiger partial charge in [0.1, 0.15) is 10.4 Å². The predicted octanol–water partition coefficient (Wildman–Crippen LogP) is 1.17. The molecule has 0 aliphatic carbocycles. The standard InChI is InChI=1S/C24H30N6O4S/c1-14(12-26-20(32)18-15(2)27-22(35-18)21(33)25-4)19(31)28-24(3)17-9-6-5-8-16(17)13-29-10-7-11-30(29)23(24)34/h5-6,8-9,14H,7,10-13H2,1-4H3,(H,25,33)(H,26,32)(H,28,31)/t14-,24+/m1/s1/i3D3. The van der Waals surface area contributed by atoms with Gasteiger partial charge in [-0.1, -0.05) is 31.2 Å². The molecule has 1 saturated heterocycles. The van der Waals surface area contributed by atoms with E-state index in [0.717, 1.165) is 11.3 Å². The van der Waals surface area contributed by atoms with Gasteiger partial charge in [0.05, 0.1) is 11.6 Å². The average molecular weight is 502 g/mol. The van der Waals surface area contributed by atoms with Gasteiger partial charge in [0, 0.05) is 37.3 Å². The number of hydrazine groups is 1. The van der Waals surface area contributed by atoms with Crippen LogP contribution in [0.3, 0.4) is 0 Å². The van der Waals surface area contributed by atoms with Crippen molar-refractivity contribution in [3.8, 4) is 0 Å². The van der Waals surface area contributed by atoms with Crippen molar-refractivity contribution in [1.82, 2.24) is 31.0 Å². The third-order valence-corrected chi connectivity index (χ3v) is 7.36. The van der Waals surface area contributed by atoms with E-state index >= 15 is 0 Å². The van der Waals surface area contributed by atoms with E-state index in [0.29, 0.717) is 37.3 Å². The highest BCUT2D eigenvalue weighted by atomic mass is 32.1. The Morgan fingerprint density at radius 2 is 2.03 bits per heavy atom. The number of aryl methyl sites for hydroxylation is 1. The number of amides is 4. The van der Waals surface area contributed by atoms with Gasteiger partial charge in [-0.05, 0) is 31.3 Å². The molecule has 1 aromatic heterocycles. The topological polar surface area (TPSA) is 124 Å². The van der Waals surface area contributed by atoms with E-state index in [9.17, 15) is 19.2 Å². The van der Waals surface area contributed by atoms with E-state index in [2.05, 4.69) is 20.9 Å². The van der Waals surface area contributed by atoms with Gasteiger partial charge in [0.15, 0.2) is 5.01 Å². The third kappa shape index (κ3) is 4.65. The van der Waals surface area contributed by atoms with Crippen molar-refractivity contribution in [2.24, 2.45) is 5.92 Å². The molecule has 35 heavy (non-hydrogen) atoms. The SMILES string of the molecule is [2H]C([2H])([2H])[C@@]1(NC(=O)[C@H](C)CNC(=O)c2sc(C(=O)NC)nc2C)C(=O)N2CCCN2Cc2ccccc21. The first-order chi connectivity index (χ1) is 17.9. The molecule has 3 heterocycles. The minimum Gasteiger partial charge on any atom is -0.353 e. The molecule has 4 rings (SSSR count). The molecular formula is C24H30N6O4S. The number of nitrogens with one attached hydrogen (secondary N) is 3. The van der Waals surface area contributed by atoms with Gasteiger partial charge in [-0.3, -0.25) is 24.2 Å². The summed E-state index contributed by atoms with van der Waals surface area (Å²) < 4.78 is 25.3. The van der Waals surface area contributed by atoms with Gasteiger partial charge in [-0.15, -0.1) is 11.3 Å². The largest absolute Gasteiger partial charge is 0.353 e. The van der Waals surface area contributed by atoms with Crippen LogP contribution in [0.4, 0.5) is 0 Å². The molecule has 0 radical (unpaired) electrons. The highest BCUT2D eigenvalue weighted by Crippen LogP contribution is 2.34. The molecule has 0 bridgehead atoms. The fraction of sp³-hybridized carbons (Fsp3) is 0.458. The summed E-state index contributed by atoms with van der Waals surface area (Å²) in [5, 5.41) is 11.1. The minimum absolute atomic E-state index is 0.125. The number of hydrogen-bond acceptors (Lipinski definition) is 7. The summed E-state index contributed by atoms with van der Waals surface area (Å²) in [6.07, 6.45) is 0.694. The predicted molar refractivity (Wildman–Crippen MR) is 130 cm³/mol. The third-order valence-electron chi connectivity index (χ3n) is 6.21. The van der Waals surface area contributed by atoms with Crippen LogP contribution in [-0.2, 0) is 21.7 Å². The Bertz CT molecular complexity index is 1280. The first-order valence-electron chi connectivity index (χ1n) is 12.9. The Kier molecular flexibility index (Phi) is 5.85. The van der Waals surface area contributed by atoms with Crippen LogP contribution >= 0.6 is 11.3 Å². The number of aromatic nitrogens is 1. The Morgan fingerprint density at radius 3 is 2.77 bits per heavy atom. The number of fused-ring (bicyclic) bond motifs is 2. The zero-order chi connectivity index (χ0) is 27.8. The first-order valence-corrected chi connectivity index (χ1v) is 12.2. The summed E-state index contributed by atoms with van der Waals surface area (Å²) in [6.45, 7) is 1.43.